The van der Waals surface area contributed by atoms with E-state index < -0.39 is 41.8 Å². The SMILES string of the molecule is COc1cc(OC(F)(F)F)c(CC#N)c(C(F)(F)F)n1. The van der Waals surface area contributed by atoms with Crippen LogP contribution in [0.2, 0.25) is 0 Å². The number of pyridine rings is 1. The number of ether oxygens (including phenoxy) is 2. The summed E-state index contributed by atoms with van der Waals surface area (Å²) in [6.07, 6.45) is -11.2. The minimum absolute atomic E-state index is 0.537. The van der Waals surface area contributed by atoms with Crippen LogP contribution in [0.4, 0.5) is 26.3 Å². The van der Waals surface area contributed by atoms with Crippen molar-refractivity contribution in [2.45, 2.75) is 19.0 Å². The smallest absolute Gasteiger partial charge is 0.481 e. The predicted octanol–water partition coefficient (Wildman–Crippen LogP) is 3.07. The van der Waals surface area contributed by atoms with E-state index in [1.165, 1.54) is 6.07 Å². The molecule has 0 N–H and O–H groups in total. The van der Waals surface area contributed by atoms with Gasteiger partial charge in [-0.1, -0.05) is 0 Å². The zero-order chi connectivity index (χ0) is 15.6. The summed E-state index contributed by atoms with van der Waals surface area (Å²) in [4.78, 5) is 3.03. The van der Waals surface area contributed by atoms with Crippen molar-refractivity contribution in [3.05, 3.63) is 17.3 Å². The van der Waals surface area contributed by atoms with E-state index in [-0.39, 0.29) is 0 Å². The molecule has 0 spiro atoms. The molecule has 0 saturated heterocycles. The molecule has 1 aromatic heterocycles. The van der Waals surface area contributed by atoms with Crippen LogP contribution in [0.15, 0.2) is 6.07 Å². The summed E-state index contributed by atoms with van der Waals surface area (Å²) < 4.78 is 82.6. The van der Waals surface area contributed by atoms with E-state index in [0.717, 1.165) is 7.11 Å². The van der Waals surface area contributed by atoms with Crippen LogP contribution in [-0.2, 0) is 12.6 Å². The van der Waals surface area contributed by atoms with Gasteiger partial charge in [-0.3, -0.25) is 0 Å². The summed E-state index contributed by atoms with van der Waals surface area (Å²) in [6.45, 7) is 0. The van der Waals surface area contributed by atoms with Gasteiger partial charge in [0.1, 0.15) is 5.75 Å². The molecule has 0 aromatic carbocycles. The molecule has 0 aliphatic carbocycles. The monoisotopic (exact) mass is 300 g/mol. The maximum absolute atomic E-state index is 12.7. The fourth-order valence-corrected chi connectivity index (χ4v) is 1.33. The van der Waals surface area contributed by atoms with Crippen LogP contribution >= 0.6 is 0 Å². The van der Waals surface area contributed by atoms with E-state index in [9.17, 15) is 26.3 Å². The molecule has 0 bridgehead atoms. The Balaban J connectivity index is 3.51. The quantitative estimate of drug-likeness (QED) is 0.805. The maximum Gasteiger partial charge on any atom is 0.573 e. The molecule has 0 aliphatic heterocycles. The van der Waals surface area contributed by atoms with Gasteiger partial charge >= 0.3 is 12.5 Å². The maximum atomic E-state index is 12.7. The average molecular weight is 300 g/mol. The molecular weight excluding hydrogens is 294 g/mol. The lowest BCUT2D eigenvalue weighted by Crippen LogP contribution is -2.21. The highest BCUT2D eigenvalue weighted by Crippen LogP contribution is 2.38. The highest BCUT2D eigenvalue weighted by Gasteiger charge is 2.40. The lowest BCUT2D eigenvalue weighted by molar-refractivity contribution is -0.275. The Morgan fingerprint density at radius 1 is 1.25 bits per heavy atom. The largest absolute Gasteiger partial charge is 0.573 e. The molecule has 0 amide bonds. The van der Waals surface area contributed by atoms with Gasteiger partial charge < -0.3 is 9.47 Å². The van der Waals surface area contributed by atoms with Gasteiger partial charge in [-0.05, 0) is 0 Å². The first kappa shape index (κ1) is 15.9. The molecule has 4 nitrogen and oxygen atoms in total. The fourth-order valence-electron chi connectivity index (χ4n) is 1.33. The minimum atomic E-state index is -5.21. The fraction of sp³-hybridized carbons (Fsp3) is 0.400. The Hall–Kier alpha value is -2.18. The molecule has 10 heteroatoms. The first-order valence-electron chi connectivity index (χ1n) is 4.86. The second kappa shape index (κ2) is 5.44. The van der Waals surface area contributed by atoms with Gasteiger partial charge in [-0.15, -0.1) is 13.2 Å². The van der Waals surface area contributed by atoms with Crippen molar-refractivity contribution in [3.63, 3.8) is 0 Å². The third-order valence-corrected chi connectivity index (χ3v) is 2.02. The van der Waals surface area contributed by atoms with Crippen LogP contribution < -0.4 is 9.47 Å². The molecule has 0 aliphatic rings. The Kier molecular flexibility index (Phi) is 4.32. The van der Waals surface area contributed by atoms with Crippen molar-refractivity contribution >= 4 is 0 Å². The van der Waals surface area contributed by atoms with E-state index in [2.05, 4.69) is 14.5 Å². The van der Waals surface area contributed by atoms with E-state index in [4.69, 9.17) is 5.26 Å². The van der Waals surface area contributed by atoms with Gasteiger partial charge in [0.05, 0.1) is 19.6 Å². The zero-order valence-corrected chi connectivity index (χ0v) is 9.76. The number of nitrogens with zero attached hydrogens (tertiary/aromatic N) is 2. The molecule has 110 valence electrons. The van der Waals surface area contributed by atoms with Crippen LogP contribution in [0.5, 0.6) is 11.6 Å². The molecular formula is C10H6F6N2O2. The van der Waals surface area contributed by atoms with Crippen LogP contribution in [0.3, 0.4) is 0 Å². The van der Waals surface area contributed by atoms with Crippen molar-refractivity contribution in [2.75, 3.05) is 7.11 Å². The van der Waals surface area contributed by atoms with Crippen LogP contribution in [0, 0.1) is 11.3 Å². The Labute approximate surface area is 108 Å². The van der Waals surface area contributed by atoms with Crippen LogP contribution in [0.25, 0.3) is 0 Å². The summed E-state index contributed by atoms with van der Waals surface area (Å²) in [5, 5.41) is 8.45. The van der Waals surface area contributed by atoms with Crippen LogP contribution in [-0.4, -0.2) is 18.5 Å². The molecule has 0 unspecified atom stereocenters. The molecule has 0 radical (unpaired) electrons. The number of aromatic nitrogens is 1. The minimum Gasteiger partial charge on any atom is -0.481 e. The number of nitriles is 1. The van der Waals surface area contributed by atoms with E-state index in [0.29, 0.717) is 6.07 Å². The van der Waals surface area contributed by atoms with E-state index in [1.807, 2.05) is 0 Å². The third kappa shape index (κ3) is 3.91. The normalized spacial score (nSPS) is 11.9. The molecule has 0 fully saturated rings. The van der Waals surface area contributed by atoms with Crippen LogP contribution in [0.1, 0.15) is 11.3 Å². The predicted molar refractivity (Wildman–Crippen MR) is 51.8 cm³/mol. The van der Waals surface area contributed by atoms with Gasteiger partial charge in [0.15, 0.2) is 5.69 Å². The summed E-state index contributed by atoms with van der Waals surface area (Å²) in [5.41, 5.74) is -2.66. The highest BCUT2D eigenvalue weighted by atomic mass is 19.4. The lowest BCUT2D eigenvalue weighted by atomic mass is 10.1. The zero-order valence-electron chi connectivity index (χ0n) is 9.76. The Morgan fingerprint density at radius 3 is 2.25 bits per heavy atom. The summed E-state index contributed by atoms with van der Waals surface area (Å²) in [6, 6.07) is 1.87. The number of rotatable bonds is 3. The third-order valence-electron chi connectivity index (χ3n) is 2.02. The molecule has 20 heavy (non-hydrogen) atoms. The number of alkyl halides is 6. The van der Waals surface area contributed by atoms with E-state index in [1.54, 1.807) is 0 Å². The van der Waals surface area contributed by atoms with Gasteiger partial charge in [-0.25, -0.2) is 4.98 Å². The first-order valence-corrected chi connectivity index (χ1v) is 4.86. The summed E-state index contributed by atoms with van der Waals surface area (Å²) in [5.74, 6) is -1.88. The summed E-state index contributed by atoms with van der Waals surface area (Å²) >= 11 is 0. The number of halogens is 6. The lowest BCUT2D eigenvalue weighted by Gasteiger charge is -2.17. The second-order valence-electron chi connectivity index (χ2n) is 3.37. The molecule has 1 heterocycles. The second-order valence-corrected chi connectivity index (χ2v) is 3.37. The standard InChI is InChI=1S/C10H6F6N2O2/c1-19-7-4-6(20-10(14,15)16)5(2-3-17)8(18-7)9(11,12)13/h4H,2H2,1H3. The van der Waals surface area contributed by atoms with Gasteiger partial charge in [-0.2, -0.15) is 18.4 Å². The van der Waals surface area contributed by atoms with Gasteiger partial charge in [0.25, 0.3) is 0 Å². The van der Waals surface area contributed by atoms with Gasteiger partial charge in [0.2, 0.25) is 5.88 Å². The van der Waals surface area contributed by atoms with Crippen molar-refractivity contribution in [3.8, 4) is 17.7 Å². The summed E-state index contributed by atoms with van der Waals surface area (Å²) in [7, 11) is 0.934. The van der Waals surface area contributed by atoms with Crippen molar-refractivity contribution in [1.29, 1.82) is 5.26 Å². The number of hydrogen-bond acceptors (Lipinski definition) is 4. The Morgan fingerprint density at radius 2 is 1.85 bits per heavy atom. The van der Waals surface area contributed by atoms with E-state index >= 15 is 0 Å². The number of hydrogen-bond donors (Lipinski definition) is 0. The molecule has 1 rings (SSSR count). The van der Waals surface area contributed by atoms with Crippen molar-refractivity contribution in [2.24, 2.45) is 0 Å². The first-order chi connectivity index (χ1) is 9.08. The highest BCUT2D eigenvalue weighted by molar-refractivity contribution is 5.43. The molecule has 0 saturated carbocycles. The average Bonchev–Trinajstić information content (AvgIpc) is 2.27. The number of methoxy groups -OCH3 is 1. The molecule has 0 atom stereocenters. The Bertz CT molecular complexity index is 532. The van der Waals surface area contributed by atoms with Crippen molar-refractivity contribution < 1.29 is 35.8 Å². The molecule has 1 aromatic rings. The van der Waals surface area contributed by atoms with Crippen molar-refractivity contribution in [1.82, 2.24) is 4.98 Å². The topological polar surface area (TPSA) is 55.1 Å². The van der Waals surface area contributed by atoms with Gasteiger partial charge in [0, 0.05) is 11.6 Å².